The lowest BCUT2D eigenvalue weighted by Gasteiger charge is -2.20. The van der Waals surface area contributed by atoms with E-state index in [0.717, 1.165) is 0 Å². The van der Waals surface area contributed by atoms with E-state index in [4.69, 9.17) is 17.2 Å². The molecule has 0 heterocycles. The average Bonchev–Trinajstić information content (AvgIpc) is 2.80. The second-order valence-electron chi connectivity index (χ2n) is 7.96. The second kappa shape index (κ2) is 15.1. The molecule has 0 aliphatic heterocycles. The molecule has 0 spiro atoms. The first-order valence-corrected chi connectivity index (χ1v) is 11.2. The Hall–Kier alpha value is -3.93. The molecule has 0 saturated heterocycles. The first-order chi connectivity index (χ1) is 16.5. The van der Waals surface area contributed by atoms with E-state index >= 15 is 0 Å². The average molecular weight is 491 g/mol. The summed E-state index contributed by atoms with van der Waals surface area (Å²) in [7, 11) is 0. The predicted molar refractivity (Wildman–Crippen MR) is 129 cm³/mol. The van der Waals surface area contributed by atoms with Crippen molar-refractivity contribution in [3.8, 4) is 5.75 Å². The molecule has 0 radical (unpaired) electrons. The van der Waals surface area contributed by atoms with Crippen molar-refractivity contribution in [1.29, 1.82) is 0 Å². The SMILES string of the molecule is CC(NC(=O)C=Cc1ccc(O)cc1)C(=O)NC(CCC(=O)NC(CCCCN)C(N)=O)C(N)=O. The van der Waals surface area contributed by atoms with Crippen molar-refractivity contribution < 1.29 is 29.1 Å². The molecule has 5 amide bonds. The lowest BCUT2D eigenvalue weighted by molar-refractivity contribution is -0.131. The standard InChI is InChI=1S/C23H34N6O6/c1-14(27-19(31)11-7-15-5-8-16(30)9-6-15)23(35)29-18(22(26)34)10-12-20(32)28-17(21(25)33)4-2-3-13-24/h5-9,11,14,17-18,30H,2-4,10,12-13,24H2,1H3,(H2,25,33)(H2,26,34)(H,27,31)(H,28,32)(H,29,35). The molecule has 12 nitrogen and oxygen atoms in total. The summed E-state index contributed by atoms with van der Waals surface area (Å²) in [6.45, 7) is 1.87. The molecular weight excluding hydrogens is 456 g/mol. The van der Waals surface area contributed by atoms with Crippen molar-refractivity contribution >= 4 is 35.6 Å². The number of carbonyl (C=O) groups is 5. The van der Waals surface area contributed by atoms with E-state index in [0.29, 0.717) is 31.4 Å². The van der Waals surface area contributed by atoms with Gasteiger partial charge in [-0.3, -0.25) is 24.0 Å². The third kappa shape index (κ3) is 11.7. The van der Waals surface area contributed by atoms with Crippen molar-refractivity contribution in [3.05, 3.63) is 35.9 Å². The Morgan fingerprint density at radius 1 is 0.914 bits per heavy atom. The monoisotopic (exact) mass is 490 g/mol. The van der Waals surface area contributed by atoms with Crippen LogP contribution in [-0.4, -0.2) is 59.3 Å². The van der Waals surface area contributed by atoms with E-state index in [2.05, 4.69) is 16.0 Å². The van der Waals surface area contributed by atoms with Crippen LogP contribution in [0.2, 0.25) is 0 Å². The minimum Gasteiger partial charge on any atom is -0.508 e. The highest BCUT2D eigenvalue weighted by molar-refractivity contribution is 5.96. The predicted octanol–water partition coefficient (Wildman–Crippen LogP) is -1.24. The first-order valence-electron chi connectivity index (χ1n) is 11.2. The van der Waals surface area contributed by atoms with Crippen LogP contribution in [0.3, 0.4) is 0 Å². The molecule has 1 aromatic carbocycles. The van der Waals surface area contributed by atoms with Crippen LogP contribution in [0.25, 0.3) is 6.08 Å². The van der Waals surface area contributed by atoms with Gasteiger partial charge in [-0.15, -0.1) is 0 Å². The van der Waals surface area contributed by atoms with Crippen molar-refractivity contribution in [1.82, 2.24) is 16.0 Å². The normalized spacial score (nSPS) is 13.4. The van der Waals surface area contributed by atoms with Crippen LogP contribution in [0, 0.1) is 0 Å². The Morgan fingerprint density at radius 2 is 1.51 bits per heavy atom. The van der Waals surface area contributed by atoms with Crippen molar-refractivity contribution in [2.45, 2.75) is 57.2 Å². The van der Waals surface area contributed by atoms with Crippen LogP contribution in [0.15, 0.2) is 30.3 Å². The fraction of sp³-hybridized carbons (Fsp3) is 0.435. The Bertz CT molecular complexity index is 918. The lowest BCUT2D eigenvalue weighted by Crippen LogP contribution is -2.52. The highest BCUT2D eigenvalue weighted by Gasteiger charge is 2.24. The summed E-state index contributed by atoms with van der Waals surface area (Å²) in [5.41, 5.74) is 16.7. The summed E-state index contributed by atoms with van der Waals surface area (Å²) in [6.07, 6.45) is 4.04. The number of unbranched alkanes of at least 4 members (excludes halogenated alkanes) is 1. The minimum atomic E-state index is -1.16. The van der Waals surface area contributed by atoms with Gasteiger partial charge in [-0.1, -0.05) is 12.1 Å². The summed E-state index contributed by atoms with van der Waals surface area (Å²) >= 11 is 0. The molecule has 1 rings (SSSR count). The lowest BCUT2D eigenvalue weighted by atomic mass is 10.1. The van der Waals surface area contributed by atoms with E-state index in [9.17, 15) is 29.1 Å². The van der Waals surface area contributed by atoms with Gasteiger partial charge in [-0.2, -0.15) is 0 Å². The number of phenolic OH excluding ortho intramolecular Hbond substituents is 1. The molecule has 0 fully saturated rings. The van der Waals surface area contributed by atoms with Gasteiger partial charge in [-0.05, 0) is 62.9 Å². The summed E-state index contributed by atoms with van der Waals surface area (Å²) in [5, 5.41) is 16.6. The summed E-state index contributed by atoms with van der Waals surface area (Å²) in [5.74, 6) is -3.19. The quantitative estimate of drug-likeness (QED) is 0.117. The number of nitrogens with one attached hydrogen (secondary N) is 3. The maximum Gasteiger partial charge on any atom is 0.244 e. The number of amides is 5. The molecule has 0 aliphatic carbocycles. The molecule has 10 N–H and O–H groups in total. The number of hydrogen-bond donors (Lipinski definition) is 7. The van der Waals surface area contributed by atoms with Gasteiger partial charge in [0, 0.05) is 12.5 Å². The highest BCUT2D eigenvalue weighted by Crippen LogP contribution is 2.10. The minimum absolute atomic E-state index is 0.0913. The molecular formula is C23H34N6O6. The van der Waals surface area contributed by atoms with Gasteiger partial charge in [0.25, 0.3) is 0 Å². The first kappa shape index (κ1) is 29.1. The number of aromatic hydroxyl groups is 1. The van der Waals surface area contributed by atoms with Crippen LogP contribution < -0.4 is 33.2 Å². The summed E-state index contributed by atoms with van der Waals surface area (Å²) < 4.78 is 0. The zero-order chi connectivity index (χ0) is 26.4. The van der Waals surface area contributed by atoms with E-state index in [1.54, 1.807) is 12.1 Å². The van der Waals surface area contributed by atoms with E-state index < -0.39 is 47.7 Å². The van der Waals surface area contributed by atoms with E-state index in [1.807, 2.05) is 0 Å². The van der Waals surface area contributed by atoms with Gasteiger partial charge >= 0.3 is 0 Å². The molecule has 0 bridgehead atoms. The topological polar surface area (TPSA) is 220 Å². The second-order valence-corrected chi connectivity index (χ2v) is 7.96. The number of nitrogens with two attached hydrogens (primary N) is 3. The Labute approximate surface area is 203 Å². The molecule has 3 unspecified atom stereocenters. The largest absolute Gasteiger partial charge is 0.508 e. The molecule has 192 valence electrons. The van der Waals surface area contributed by atoms with Crippen molar-refractivity contribution in [2.24, 2.45) is 17.2 Å². The van der Waals surface area contributed by atoms with Crippen molar-refractivity contribution in [2.75, 3.05) is 6.54 Å². The number of phenols is 1. The number of benzene rings is 1. The molecule has 0 saturated carbocycles. The Kier molecular flexibility index (Phi) is 12.5. The fourth-order valence-electron chi connectivity index (χ4n) is 2.99. The Morgan fingerprint density at radius 3 is 2.09 bits per heavy atom. The third-order valence-electron chi connectivity index (χ3n) is 5.02. The summed E-state index contributed by atoms with van der Waals surface area (Å²) in [4.78, 5) is 60.0. The molecule has 35 heavy (non-hydrogen) atoms. The van der Waals surface area contributed by atoms with Gasteiger partial charge in [0.1, 0.15) is 23.9 Å². The molecule has 0 aromatic heterocycles. The van der Waals surface area contributed by atoms with Crippen LogP contribution in [0.4, 0.5) is 0 Å². The van der Waals surface area contributed by atoms with E-state index in [-0.39, 0.29) is 18.6 Å². The molecule has 12 heteroatoms. The van der Waals surface area contributed by atoms with Gasteiger partial charge in [-0.25, -0.2) is 0 Å². The fourth-order valence-corrected chi connectivity index (χ4v) is 2.99. The van der Waals surface area contributed by atoms with Crippen LogP contribution in [-0.2, 0) is 24.0 Å². The van der Waals surface area contributed by atoms with Gasteiger partial charge in [0.15, 0.2) is 0 Å². The molecule has 3 atom stereocenters. The maximum atomic E-state index is 12.4. The maximum absolute atomic E-state index is 12.4. The van der Waals surface area contributed by atoms with Gasteiger partial charge in [0.2, 0.25) is 29.5 Å². The van der Waals surface area contributed by atoms with Gasteiger partial charge in [0.05, 0.1) is 0 Å². The highest BCUT2D eigenvalue weighted by atomic mass is 16.3. The van der Waals surface area contributed by atoms with Crippen LogP contribution >= 0.6 is 0 Å². The van der Waals surface area contributed by atoms with Crippen LogP contribution in [0.1, 0.15) is 44.6 Å². The number of carbonyl (C=O) groups excluding carboxylic acids is 5. The zero-order valence-corrected chi connectivity index (χ0v) is 19.7. The smallest absolute Gasteiger partial charge is 0.244 e. The summed E-state index contributed by atoms with van der Waals surface area (Å²) in [6, 6.07) is 3.12. The zero-order valence-electron chi connectivity index (χ0n) is 19.7. The number of primary amides is 2. The van der Waals surface area contributed by atoms with Crippen LogP contribution in [0.5, 0.6) is 5.75 Å². The Balaban J connectivity index is 2.56. The molecule has 1 aromatic rings. The third-order valence-corrected chi connectivity index (χ3v) is 5.02. The van der Waals surface area contributed by atoms with Gasteiger partial charge < -0.3 is 38.3 Å². The number of rotatable bonds is 15. The molecule has 0 aliphatic rings. The number of hydrogen-bond acceptors (Lipinski definition) is 7. The van der Waals surface area contributed by atoms with E-state index in [1.165, 1.54) is 31.2 Å². The van der Waals surface area contributed by atoms with Crippen molar-refractivity contribution in [3.63, 3.8) is 0 Å².